The molecule has 0 fully saturated rings. The number of aromatic nitrogens is 1. The Labute approximate surface area is 136 Å². The number of hydrogen-bond acceptors (Lipinski definition) is 4. The molecule has 7 nitrogen and oxygen atoms in total. The minimum Gasteiger partial charge on any atom is -0.324 e. The molecule has 0 bridgehead atoms. The molecular formula is C15H14ClN3O4. The van der Waals surface area contributed by atoms with Crippen molar-refractivity contribution in [1.29, 1.82) is 0 Å². The van der Waals surface area contributed by atoms with Gasteiger partial charge < -0.3 is 5.32 Å². The van der Waals surface area contributed by atoms with Crippen LogP contribution in [0.1, 0.15) is 11.1 Å². The number of anilines is 1. The third-order valence-corrected chi connectivity index (χ3v) is 3.48. The third-order valence-electron chi connectivity index (χ3n) is 3.25. The van der Waals surface area contributed by atoms with Crippen LogP contribution in [0, 0.1) is 24.0 Å². The molecule has 2 rings (SSSR count). The van der Waals surface area contributed by atoms with Gasteiger partial charge in [0.15, 0.2) is 0 Å². The number of nitro groups is 1. The molecule has 0 aliphatic carbocycles. The van der Waals surface area contributed by atoms with E-state index < -0.39 is 16.4 Å². The van der Waals surface area contributed by atoms with E-state index in [1.165, 1.54) is 13.0 Å². The second-order valence-electron chi connectivity index (χ2n) is 5.08. The van der Waals surface area contributed by atoms with Crippen LogP contribution in [-0.2, 0) is 11.3 Å². The molecule has 1 amide bonds. The largest absolute Gasteiger partial charge is 0.324 e. The highest BCUT2D eigenvalue weighted by atomic mass is 35.5. The Morgan fingerprint density at radius 3 is 2.65 bits per heavy atom. The van der Waals surface area contributed by atoms with Crippen LogP contribution < -0.4 is 10.9 Å². The van der Waals surface area contributed by atoms with Crippen LogP contribution in [0.15, 0.2) is 35.3 Å². The molecule has 0 saturated carbocycles. The summed E-state index contributed by atoms with van der Waals surface area (Å²) in [7, 11) is 0. The predicted molar refractivity (Wildman–Crippen MR) is 86.9 cm³/mol. The van der Waals surface area contributed by atoms with Gasteiger partial charge in [-0.2, -0.15) is 0 Å². The van der Waals surface area contributed by atoms with Gasteiger partial charge >= 0.3 is 0 Å². The number of pyridine rings is 1. The van der Waals surface area contributed by atoms with Crippen molar-refractivity contribution in [3.63, 3.8) is 0 Å². The molecule has 1 N–H and O–H groups in total. The van der Waals surface area contributed by atoms with Gasteiger partial charge in [-0.1, -0.05) is 17.7 Å². The van der Waals surface area contributed by atoms with E-state index in [9.17, 15) is 19.7 Å². The van der Waals surface area contributed by atoms with E-state index in [1.807, 2.05) is 0 Å². The van der Waals surface area contributed by atoms with Gasteiger partial charge in [-0.05, 0) is 31.5 Å². The van der Waals surface area contributed by atoms with Crippen molar-refractivity contribution < 1.29 is 9.72 Å². The second kappa shape index (κ2) is 6.62. The maximum absolute atomic E-state index is 12.1. The molecule has 0 saturated heterocycles. The number of aryl methyl sites for hydroxylation is 2. The molecule has 120 valence electrons. The Hall–Kier alpha value is -2.67. The van der Waals surface area contributed by atoms with E-state index in [4.69, 9.17) is 11.6 Å². The number of rotatable bonds is 4. The summed E-state index contributed by atoms with van der Waals surface area (Å²) < 4.78 is 1.02. The van der Waals surface area contributed by atoms with Crippen LogP contribution in [0.5, 0.6) is 0 Å². The van der Waals surface area contributed by atoms with Gasteiger partial charge in [0, 0.05) is 22.3 Å². The number of nitrogens with one attached hydrogen (secondary N) is 1. The minimum atomic E-state index is -0.609. The monoisotopic (exact) mass is 335 g/mol. The SMILES string of the molecule is Cc1ccc(Cl)cc1NC(=O)Cn1cc([N+](=O)[O-])cc(C)c1=O. The first-order chi connectivity index (χ1) is 10.8. The molecule has 23 heavy (non-hydrogen) atoms. The summed E-state index contributed by atoms with van der Waals surface area (Å²) in [6.07, 6.45) is 1.06. The quantitative estimate of drug-likeness (QED) is 0.686. The summed E-state index contributed by atoms with van der Waals surface area (Å²) in [5, 5.41) is 14.0. The van der Waals surface area contributed by atoms with Gasteiger partial charge in [0.05, 0.1) is 11.1 Å². The molecule has 1 heterocycles. The first-order valence-corrected chi connectivity index (χ1v) is 7.07. The van der Waals surface area contributed by atoms with E-state index in [1.54, 1.807) is 25.1 Å². The zero-order valence-corrected chi connectivity index (χ0v) is 13.3. The van der Waals surface area contributed by atoms with Crippen LogP contribution in [0.25, 0.3) is 0 Å². The normalized spacial score (nSPS) is 10.4. The summed E-state index contributed by atoms with van der Waals surface area (Å²) in [6.45, 7) is 2.94. The van der Waals surface area contributed by atoms with E-state index in [0.717, 1.165) is 16.3 Å². The number of halogens is 1. The van der Waals surface area contributed by atoms with Gasteiger partial charge in [-0.3, -0.25) is 24.3 Å². The van der Waals surface area contributed by atoms with Gasteiger partial charge in [0.1, 0.15) is 6.54 Å². The van der Waals surface area contributed by atoms with Crippen LogP contribution in [0.3, 0.4) is 0 Å². The standard InChI is InChI=1S/C15H14ClN3O4/c1-9-3-4-11(16)6-13(9)17-14(20)8-18-7-12(19(22)23)5-10(2)15(18)21/h3-7H,8H2,1-2H3,(H,17,20). The maximum atomic E-state index is 12.1. The van der Waals surface area contributed by atoms with Crippen molar-refractivity contribution in [2.45, 2.75) is 20.4 Å². The molecule has 0 atom stereocenters. The summed E-state index contributed by atoms with van der Waals surface area (Å²) in [5.41, 5.74) is 0.844. The zero-order chi connectivity index (χ0) is 17.1. The summed E-state index contributed by atoms with van der Waals surface area (Å²) in [6, 6.07) is 6.22. The third kappa shape index (κ3) is 3.95. The van der Waals surface area contributed by atoms with E-state index in [2.05, 4.69) is 5.32 Å². The van der Waals surface area contributed by atoms with Crippen molar-refractivity contribution in [2.75, 3.05) is 5.32 Å². The molecular weight excluding hydrogens is 322 g/mol. The molecule has 0 radical (unpaired) electrons. The van der Waals surface area contributed by atoms with Gasteiger partial charge in [0.25, 0.3) is 11.2 Å². The molecule has 8 heteroatoms. The average molecular weight is 336 g/mol. The fourth-order valence-corrected chi connectivity index (χ4v) is 2.23. The molecule has 0 aliphatic rings. The molecule has 0 aliphatic heterocycles. The van der Waals surface area contributed by atoms with Crippen LogP contribution in [0.4, 0.5) is 11.4 Å². The molecule has 1 aromatic heterocycles. The van der Waals surface area contributed by atoms with Crippen molar-refractivity contribution in [2.24, 2.45) is 0 Å². The first-order valence-electron chi connectivity index (χ1n) is 6.69. The lowest BCUT2D eigenvalue weighted by molar-refractivity contribution is -0.385. The number of hydrogen-bond donors (Lipinski definition) is 1. The van der Waals surface area contributed by atoms with E-state index >= 15 is 0 Å². The lowest BCUT2D eigenvalue weighted by Gasteiger charge is -2.10. The van der Waals surface area contributed by atoms with E-state index in [0.29, 0.717) is 10.7 Å². The fraction of sp³-hybridized carbons (Fsp3) is 0.200. The Kier molecular flexibility index (Phi) is 4.80. The number of nitrogens with zero attached hydrogens (tertiary/aromatic N) is 2. The molecule has 2 aromatic rings. The highest BCUT2D eigenvalue weighted by molar-refractivity contribution is 6.31. The van der Waals surface area contributed by atoms with Gasteiger partial charge in [-0.15, -0.1) is 0 Å². The summed E-state index contributed by atoms with van der Waals surface area (Å²) in [5.74, 6) is -0.475. The molecule has 1 aromatic carbocycles. The summed E-state index contributed by atoms with van der Waals surface area (Å²) >= 11 is 5.88. The molecule has 0 spiro atoms. The predicted octanol–water partition coefficient (Wildman–Crippen LogP) is 2.67. The lowest BCUT2D eigenvalue weighted by atomic mass is 10.2. The Morgan fingerprint density at radius 2 is 2.00 bits per heavy atom. The van der Waals surface area contributed by atoms with E-state index in [-0.39, 0.29) is 17.8 Å². The van der Waals surface area contributed by atoms with Crippen LogP contribution in [-0.4, -0.2) is 15.4 Å². The number of amides is 1. The summed E-state index contributed by atoms with van der Waals surface area (Å²) in [4.78, 5) is 34.3. The smallest absolute Gasteiger partial charge is 0.286 e. The molecule has 0 unspecified atom stereocenters. The topological polar surface area (TPSA) is 94.2 Å². The number of carbonyl (C=O) groups excluding carboxylic acids is 1. The fourth-order valence-electron chi connectivity index (χ4n) is 2.06. The van der Waals surface area contributed by atoms with Crippen molar-refractivity contribution >= 4 is 28.9 Å². The highest BCUT2D eigenvalue weighted by Crippen LogP contribution is 2.20. The maximum Gasteiger partial charge on any atom is 0.286 e. The van der Waals surface area contributed by atoms with Crippen LogP contribution >= 0.6 is 11.6 Å². The van der Waals surface area contributed by atoms with Crippen LogP contribution in [0.2, 0.25) is 5.02 Å². The second-order valence-corrected chi connectivity index (χ2v) is 5.52. The zero-order valence-electron chi connectivity index (χ0n) is 12.5. The van der Waals surface area contributed by atoms with Gasteiger partial charge in [0.2, 0.25) is 5.91 Å². The lowest BCUT2D eigenvalue weighted by Crippen LogP contribution is -2.28. The van der Waals surface area contributed by atoms with Crippen molar-refractivity contribution in [3.05, 3.63) is 67.1 Å². The van der Waals surface area contributed by atoms with Crippen molar-refractivity contribution in [1.82, 2.24) is 4.57 Å². The number of carbonyl (C=O) groups is 1. The highest BCUT2D eigenvalue weighted by Gasteiger charge is 2.14. The van der Waals surface area contributed by atoms with Gasteiger partial charge in [-0.25, -0.2) is 0 Å². The van der Waals surface area contributed by atoms with Crippen molar-refractivity contribution in [3.8, 4) is 0 Å². The Morgan fingerprint density at radius 1 is 1.30 bits per heavy atom. The first kappa shape index (κ1) is 16.7. The minimum absolute atomic E-state index is 0.200. The Balaban J connectivity index is 2.25. The number of benzene rings is 1. The average Bonchev–Trinajstić information content (AvgIpc) is 2.47. The Bertz CT molecular complexity index is 845.